The lowest BCUT2D eigenvalue weighted by Gasteiger charge is -2.59. The lowest BCUT2D eigenvalue weighted by atomic mass is 9.57. The van der Waals surface area contributed by atoms with Crippen LogP contribution < -0.4 is 10.2 Å². The number of para-hydroxylation sites is 1. The summed E-state index contributed by atoms with van der Waals surface area (Å²) in [6.45, 7) is 5.81. The number of hydrogen-bond acceptors (Lipinski definition) is 9. The molecule has 2 aliphatic heterocycles. The molecule has 3 atom stereocenters. The number of fused-ring (bicyclic) bond motifs is 1. The summed E-state index contributed by atoms with van der Waals surface area (Å²) in [7, 11) is 1.54. The van der Waals surface area contributed by atoms with Crippen molar-refractivity contribution in [3.63, 3.8) is 0 Å². The Morgan fingerprint density at radius 3 is 2.54 bits per heavy atom. The summed E-state index contributed by atoms with van der Waals surface area (Å²) < 4.78 is 8.30. The Balaban J connectivity index is 0.966. The highest BCUT2D eigenvalue weighted by Gasteiger charge is 2.54. The van der Waals surface area contributed by atoms with Gasteiger partial charge in [0.05, 0.1) is 17.3 Å². The van der Waals surface area contributed by atoms with Gasteiger partial charge in [0.1, 0.15) is 23.2 Å². The zero-order valence-corrected chi connectivity index (χ0v) is 27.7. The molecule has 1 spiro atoms. The van der Waals surface area contributed by atoms with Gasteiger partial charge in [-0.25, -0.2) is 0 Å². The molecule has 4 aliphatic rings. The minimum Gasteiger partial charge on any atom is -0.507 e. The number of benzene rings is 1. The van der Waals surface area contributed by atoms with Gasteiger partial charge in [0, 0.05) is 67.8 Å². The molecule has 252 valence electrons. The maximum absolute atomic E-state index is 13.7. The Hall–Kier alpha value is -4.45. The van der Waals surface area contributed by atoms with Crippen molar-refractivity contribution < 1.29 is 24.3 Å². The van der Waals surface area contributed by atoms with E-state index in [4.69, 9.17) is 4.52 Å². The molecule has 4 fully saturated rings. The Morgan fingerprint density at radius 2 is 1.85 bits per heavy atom. The monoisotopic (exact) mass is 653 g/mol. The van der Waals surface area contributed by atoms with E-state index in [1.165, 1.54) is 17.0 Å². The van der Waals surface area contributed by atoms with Crippen LogP contribution in [0.15, 0.2) is 47.0 Å². The van der Waals surface area contributed by atoms with Gasteiger partial charge in [-0.15, -0.1) is 10.2 Å². The first-order valence-corrected chi connectivity index (χ1v) is 17.2. The Labute approximate surface area is 279 Å². The third kappa shape index (κ3) is 5.03. The zero-order chi connectivity index (χ0) is 33.3. The second-order valence-corrected chi connectivity index (χ2v) is 14.8. The van der Waals surface area contributed by atoms with Crippen molar-refractivity contribution in [2.75, 3.05) is 31.6 Å². The average Bonchev–Trinajstić information content (AvgIpc) is 3.72. The number of phenolic OH excluding ortho intramolecular Hbond substituents is 1. The largest absolute Gasteiger partial charge is 0.507 e. The van der Waals surface area contributed by atoms with Crippen molar-refractivity contribution >= 4 is 28.7 Å². The number of nitrogens with zero attached hydrogens (tertiary/aromatic N) is 6. The highest BCUT2D eigenvalue weighted by molar-refractivity contribution is 5.91. The molecule has 2 amide bonds. The number of likely N-dealkylation sites (N-methyl/N-ethyl adjacent to an activating group) is 1. The second-order valence-electron chi connectivity index (χ2n) is 14.8. The molecule has 0 radical (unpaired) electrons. The van der Waals surface area contributed by atoms with Crippen LogP contribution in [0.3, 0.4) is 0 Å². The van der Waals surface area contributed by atoms with Gasteiger partial charge < -0.3 is 34.4 Å². The van der Waals surface area contributed by atoms with E-state index in [2.05, 4.69) is 42.3 Å². The zero-order valence-electron chi connectivity index (χ0n) is 27.7. The van der Waals surface area contributed by atoms with Crippen molar-refractivity contribution in [1.82, 2.24) is 30.1 Å². The van der Waals surface area contributed by atoms with E-state index in [0.717, 1.165) is 55.6 Å². The number of aromatic nitrogens is 4. The minimum atomic E-state index is -0.734. The molecule has 2 saturated carbocycles. The van der Waals surface area contributed by atoms with Gasteiger partial charge in [-0.3, -0.25) is 9.59 Å². The Bertz CT molecular complexity index is 1860. The van der Waals surface area contributed by atoms with E-state index in [9.17, 15) is 19.8 Å². The maximum atomic E-state index is 13.7. The summed E-state index contributed by atoms with van der Waals surface area (Å²) in [4.78, 5) is 29.9. The molecule has 4 aromatic rings. The van der Waals surface area contributed by atoms with Gasteiger partial charge in [0.25, 0.3) is 0 Å². The molecule has 12 nitrogen and oxygen atoms in total. The SMILES string of the molecule is CNC(=O)[C@@H]1C[C@@H](O)CN1C(=O)[C@@H](c1cc(N2CC3(CC(c4cc5nnc(-c6ccccc6O)cc5n4C4CCC4)C3)C2)no1)C(C)C. The van der Waals surface area contributed by atoms with Gasteiger partial charge in [-0.05, 0) is 62.3 Å². The number of rotatable bonds is 8. The van der Waals surface area contributed by atoms with E-state index >= 15 is 0 Å². The molecule has 8 rings (SSSR count). The van der Waals surface area contributed by atoms with Crippen LogP contribution in [0.4, 0.5) is 5.82 Å². The smallest absolute Gasteiger partial charge is 0.242 e. The predicted octanol–water partition coefficient (Wildman–Crippen LogP) is 4.35. The van der Waals surface area contributed by atoms with E-state index in [1.807, 2.05) is 38.1 Å². The fraction of sp³-hybridized carbons (Fsp3) is 0.528. The number of anilines is 1. The van der Waals surface area contributed by atoms with Gasteiger partial charge in [0.2, 0.25) is 11.8 Å². The fourth-order valence-corrected chi connectivity index (χ4v) is 8.56. The summed E-state index contributed by atoms with van der Waals surface area (Å²) in [6.07, 6.45) is 5.22. The number of β-amino-alcohol motifs (C(OH)–C–C–N with tert-alkyl or cyclic N) is 1. The molecule has 5 heterocycles. The standard InChI is InChI=1S/C36H43N7O5/c1-20(2)33(35(47)42-17-23(44)11-29(42)34(46)37-3)31-14-32(40-48-31)41-18-36(19-41)15-21(16-36)27-13-26-28(43(27)22-7-6-8-22)12-25(38-39-26)24-9-4-5-10-30(24)45/h4-5,9-10,12-14,20-23,29,33,44-45H,6-8,11,15-19H2,1-3H3,(H,37,46)/t23-,29+,33-/m1/s1. The number of aliphatic hydroxyl groups is 1. The van der Waals surface area contributed by atoms with E-state index in [-0.39, 0.29) is 41.9 Å². The Kier molecular flexibility index (Phi) is 7.46. The molecule has 12 heteroatoms. The van der Waals surface area contributed by atoms with Crippen molar-refractivity contribution in [2.24, 2.45) is 11.3 Å². The van der Waals surface area contributed by atoms with Crippen molar-refractivity contribution in [2.45, 2.75) is 82.4 Å². The molecular weight excluding hydrogens is 610 g/mol. The van der Waals surface area contributed by atoms with E-state index in [1.54, 1.807) is 13.1 Å². The van der Waals surface area contributed by atoms with Gasteiger partial charge >= 0.3 is 0 Å². The van der Waals surface area contributed by atoms with Crippen LogP contribution in [0, 0.1) is 11.3 Å². The Morgan fingerprint density at radius 1 is 1.08 bits per heavy atom. The molecular formula is C36H43N7O5. The molecule has 2 saturated heterocycles. The number of carbonyl (C=O) groups is 2. The van der Waals surface area contributed by atoms with Gasteiger partial charge in [-0.1, -0.05) is 31.1 Å². The lowest BCUT2D eigenvalue weighted by Crippen LogP contribution is -2.62. The van der Waals surface area contributed by atoms with Crippen LogP contribution in [-0.4, -0.2) is 85.7 Å². The molecule has 3 aromatic heterocycles. The number of likely N-dealkylation sites (tertiary alicyclic amines) is 1. The first-order valence-electron chi connectivity index (χ1n) is 17.2. The van der Waals surface area contributed by atoms with Crippen LogP contribution in [0.1, 0.15) is 81.7 Å². The molecule has 0 bridgehead atoms. The number of nitrogens with one attached hydrogen (secondary N) is 1. The van der Waals surface area contributed by atoms with Crippen LogP contribution in [0.2, 0.25) is 0 Å². The third-order valence-electron chi connectivity index (χ3n) is 11.3. The highest BCUT2D eigenvalue weighted by Crippen LogP contribution is 2.58. The second kappa shape index (κ2) is 11.6. The van der Waals surface area contributed by atoms with E-state index < -0.39 is 18.1 Å². The molecule has 0 unspecified atom stereocenters. The first kappa shape index (κ1) is 30.9. The number of aliphatic hydroxyl groups excluding tert-OH is 1. The molecule has 48 heavy (non-hydrogen) atoms. The van der Waals surface area contributed by atoms with Crippen LogP contribution >= 0.6 is 0 Å². The number of phenols is 1. The molecule has 2 aliphatic carbocycles. The molecule has 1 aromatic carbocycles. The summed E-state index contributed by atoms with van der Waals surface area (Å²) in [5.74, 6) is 0.683. The lowest BCUT2D eigenvalue weighted by molar-refractivity contribution is -0.140. The summed E-state index contributed by atoms with van der Waals surface area (Å²) >= 11 is 0. The van der Waals surface area contributed by atoms with Gasteiger partial charge in [0.15, 0.2) is 11.6 Å². The minimum absolute atomic E-state index is 0.0851. The number of hydrogen-bond donors (Lipinski definition) is 3. The average molecular weight is 654 g/mol. The molecule has 3 N–H and O–H groups in total. The third-order valence-corrected chi connectivity index (χ3v) is 11.3. The van der Waals surface area contributed by atoms with Crippen molar-refractivity contribution in [3.8, 4) is 17.0 Å². The highest BCUT2D eigenvalue weighted by atomic mass is 16.5. The van der Waals surface area contributed by atoms with E-state index in [0.29, 0.717) is 29.0 Å². The maximum Gasteiger partial charge on any atom is 0.242 e. The topological polar surface area (TPSA) is 150 Å². The summed E-state index contributed by atoms with van der Waals surface area (Å²) in [5.41, 5.74) is 4.93. The van der Waals surface area contributed by atoms with Crippen molar-refractivity contribution in [3.05, 3.63) is 53.9 Å². The van der Waals surface area contributed by atoms with Gasteiger partial charge in [-0.2, -0.15) is 0 Å². The summed E-state index contributed by atoms with van der Waals surface area (Å²) in [6, 6.07) is 13.2. The number of amides is 2. The summed E-state index contributed by atoms with van der Waals surface area (Å²) in [5, 5.41) is 36.8. The quantitative estimate of drug-likeness (QED) is 0.252. The predicted molar refractivity (Wildman–Crippen MR) is 178 cm³/mol. The normalized spacial score (nSPS) is 22.9. The first-order chi connectivity index (χ1) is 23.1. The van der Waals surface area contributed by atoms with Crippen LogP contribution in [0.25, 0.3) is 22.3 Å². The van der Waals surface area contributed by atoms with Crippen LogP contribution in [-0.2, 0) is 9.59 Å². The number of carbonyl (C=O) groups excluding carboxylic acids is 2. The van der Waals surface area contributed by atoms with Crippen molar-refractivity contribution in [1.29, 1.82) is 0 Å². The number of aromatic hydroxyl groups is 1. The van der Waals surface area contributed by atoms with Crippen LogP contribution in [0.5, 0.6) is 5.75 Å². The fourth-order valence-electron chi connectivity index (χ4n) is 8.56.